The lowest BCUT2D eigenvalue weighted by molar-refractivity contribution is -0.132. The molecule has 3 aromatic rings. The molecule has 1 aliphatic heterocycles. The topological polar surface area (TPSA) is 84.4 Å². The minimum atomic E-state index is -0.274. The molecule has 0 saturated carbocycles. The second-order valence-corrected chi connectivity index (χ2v) is 8.01. The van der Waals surface area contributed by atoms with Crippen LogP contribution in [0.2, 0.25) is 0 Å². The third-order valence-corrected chi connectivity index (χ3v) is 5.76. The minimum absolute atomic E-state index is 0.00379. The number of benzene rings is 2. The maximum Gasteiger partial charge on any atom is 0.260 e. The van der Waals surface area contributed by atoms with Crippen LogP contribution in [-0.4, -0.2) is 46.4 Å². The Bertz CT molecular complexity index is 1080. The van der Waals surface area contributed by atoms with Crippen molar-refractivity contribution in [2.75, 3.05) is 19.7 Å². The predicted molar refractivity (Wildman–Crippen MR) is 126 cm³/mol. The summed E-state index contributed by atoms with van der Waals surface area (Å²) >= 11 is 0. The molecule has 7 heteroatoms. The molecule has 0 aliphatic carbocycles. The summed E-state index contributed by atoms with van der Waals surface area (Å²) in [6.45, 7) is 3.58. The summed E-state index contributed by atoms with van der Waals surface area (Å²) in [6.07, 6.45) is 5.82. The average molecular weight is 445 g/mol. The van der Waals surface area contributed by atoms with Gasteiger partial charge in [-0.2, -0.15) is 0 Å². The predicted octanol–water partition coefficient (Wildman–Crippen LogP) is 4.03. The van der Waals surface area contributed by atoms with E-state index in [-0.39, 0.29) is 24.5 Å². The SMILES string of the molecule is CCC(NC(=O)c1cnc(-c2ccccc2)nc1)c1ccccc1OCC(=O)N1CCCC1. The van der Waals surface area contributed by atoms with Gasteiger partial charge in [-0.05, 0) is 25.3 Å². The van der Waals surface area contributed by atoms with Crippen molar-refractivity contribution < 1.29 is 14.3 Å². The molecule has 2 amide bonds. The fraction of sp³-hybridized carbons (Fsp3) is 0.308. The Balaban J connectivity index is 1.43. The number of para-hydroxylation sites is 1. The highest BCUT2D eigenvalue weighted by Gasteiger charge is 2.21. The number of ether oxygens (including phenoxy) is 1. The Hall–Kier alpha value is -3.74. The zero-order valence-corrected chi connectivity index (χ0v) is 18.7. The van der Waals surface area contributed by atoms with Crippen LogP contribution in [0.4, 0.5) is 0 Å². The van der Waals surface area contributed by atoms with Crippen LogP contribution < -0.4 is 10.1 Å². The molecule has 2 aromatic carbocycles. The Kier molecular flexibility index (Phi) is 7.29. The van der Waals surface area contributed by atoms with E-state index in [0.29, 0.717) is 23.6 Å². The Morgan fingerprint density at radius 2 is 1.67 bits per heavy atom. The van der Waals surface area contributed by atoms with Crippen molar-refractivity contribution in [3.8, 4) is 17.1 Å². The molecule has 4 rings (SSSR count). The Morgan fingerprint density at radius 3 is 2.36 bits per heavy atom. The molecule has 1 fully saturated rings. The quantitative estimate of drug-likeness (QED) is 0.567. The fourth-order valence-corrected chi connectivity index (χ4v) is 3.92. The molecule has 1 unspecified atom stereocenters. The molecule has 0 radical (unpaired) electrons. The van der Waals surface area contributed by atoms with Gasteiger partial charge in [0.1, 0.15) is 5.75 Å². The molecule has 170 valence electrons. The molecule has 0 bridgehead atoms. The van der Waals surface area contributed by atoms with E-state index >= 15 is 0 Å². The summed E-state index contributed by atoms with van der Waals surface area (Å²) in [7, 11) is 0. The first-order chi connectivity index (χ1) is 16.2. The van der Waals surface area contributed by atoms with Crippen molar-refractivity contribution in [1.82, 2.24) is 20.2 Å². The number of rotatable bonds is 8. The lowest BCUT2D eigenvalue weighted by Gasteiger charge is -2.21. The van der Waals surface area contributed by atoms with Gasteiger partial charge in [-0.15, -0.1) is 0 Å². The zero-order chi connectivity index (χ0) is 23.0. The number of aromatic nitrogens is 2. The van der Waals surface area contributed by atoms with Gasteiger partial charge in [-0.3, -0.25) is 9.59 Å². The first-order valence-electron chi connectivity index (χ1n) is 11.3. The zero-order valence-electron chi connectivity index (χ0n) is 18.7. The monoisotopic (exact) mass is 444 g/mol. The normalized spacial score (nSPS) is 14.0. The number of hydrogen-bond acceptors (Lipinski definition) is 5. The van der Waals surface area contributed by atoms with E-state index in [0.717, 1.165) is 37.1 Å². The van der Waals surface area contributed by atoms with E-state index < -0.39 is 0 Å². The molecule has 1 saturated heterocycles. The second-order valence-electron chi connectivity index (χ2n) is 8.01. The standard InChI is InChI=1S/C26H28N4O3/c1-2-22(21-12-6-7-13-23(21)33-18-24(31)30-14-8-9-15-30)29-26(32)20-16-27-25(28-17-20)19-10-4-3-5-11-19/h3-7,10-13,16-17,22H,2,8-9,14-15,18H2,1H3,(H,29,32). The average Bonchev–Trinajstić information content (AvgIpc) is 3.42. The molecule has 1 atom stereocenters. The third kappa shape index (κ3) is 5.55. The summed E-state index contributed by atoms with van der Waals surface area (Å²) < 4.78 is 5.88. The summed E-state index contributed by atoms with van der Waals surface area (Å²) in [5, 5.41) is 3.05. The number of amides is 2. The minimum Gasteiger partial charge on any atom is -0.483 e. The lowest BCUT2D eigenvalue weighted by atomic mass is 10.0. The Labute approximate surface area is 193 Å². The summed E-state index contributed by atoms with van der Waals surface area (Å²) in [5.74, 6) is 0.910. The highest BCUT2D eigenvalue weighted by Crippen LogP contribution is 2.28. The van der Waals surface area contributed by atoms with E-state index in [4.69, 9.17) is 4.74 Å². The molecule has 0 spiro atoms. The van der Waals surface area contributed by atoms with Crippen LogP contribution in [0.1, 0.15) is 48.1 Å². The van der Waals surface area contributed by atoms with Gasteiger partial charge in [-0.25, -0.2) is 9.97 Å². The van der Waals surface area contributed by atoms with Crippen LogP contribution >= 0.6 is 0 Å². The van der Waals surface area contributed by atoms with Crippen LogP contribution in [0.3, 0.4) is 0 Å². The number of carbonyl (C=O) groups excluding carboxylic acids is 2. The van der Waals surface area contributed by atoms with Crippen molar-refractivity contribution in [2.24, 2.45) is 0 Å². The fourth-order valence-electron chi connectivity index (χ4n) is 3.92. The summed E-state index contributed by atoms with van der Waals surface area (Å²) in [4.78, 5) is 35.8. The summed E-state index contributed by atoms with van der Waals surface area (Å²) in [5.41, 5.74) is 2.12. The van der Waals surface area contributed by atoms with Gasteiger partial charge < -0.3 is 15.0 Å². The van der Waals surface area contributed by atoms with E-state index in [1.807, 2.05) is 66.4 Å². The van der Waals surface area contributed by atoms with Crippen molar-refractivity contribution in [2.45, 2.75) is 32.2 Å². The van der Waals surface area contributed by atoms with Gasteiger partial charge in [0.2, 0.25) is 0 Å². The molecule has 33 heavy (non-hydrogen) atoms. The van der Waals surface area contributed by atoms with Gasteiger partial charge >= 0.3 is 0 Å². The van der Waals surface area contributed by atoms with Crippen LogP contribution in [-0.2, 0) is 4.79 Å². The number of nitrogens with one attached hydrogen (secondary N) is 1. The van der Waals surface area contributed by atoms with Gasteiger partial charge in [0.15, 0.2) is 12.4 Å². The lowest BCUT2D eigenvalue weighted by Crippen LogP contribution is -2.32. The number of hydrogen-bond donors (Lipinski definition) is 1. The maximum absolute atomic E-state index is 12.9. The van der Waals surface area contributed by atoms with Crippen LogP contribution in [0.5, 0.6) is 5.75 Å². The molecule has 1 aromatic heterocycles. The first-order valence-corrected chi connectivity index (χ1v) is 11.3. The van der Waals surface area contributed by atoms with Gasteiger partial charge in [0.05, 0.1) is 11.6 Å². The van der Waals surface area contributed by atoms with Crippen molar-refractivity contribution in [3.63, 3.8) is 0 Å². The van der Waals surface area contributed by atoms with Crippen molar-refractivity contribution in [3.05, 3.63) is 78.1 Å². The van der Waals surface area contributed by atoms with Gasteiger partial charge in [0.25, 0.3) is 11.8 Å². The molecule has 2 heterocycles. The Morgan fingerprint density at radius 1 is 1.00 bits per heavy atom. The van der Waals surface area contributed by atoms with E-state index in [2.05, 4.69) is 15.3 Å². The number of nitrogens with zero attached hydrogens (tertiary/aromatic N) is 3. The maximum atomic E-state index is 12.9. The van der Waals surface area contributed by atoms with Crippen LogP contribution in [0.15, 0.2) is 67.0 Å². The van der Waals surface area contributed by atoms with E-state index in [1.165, 1.54) is 12.4 Å². The first kappa shape index (κ1) is 22.5. The molecular weight excluding hydrogens is 416 g/mol. The smallest absolute Gasteiger partial charge is 0.260 e. The van der Waals surface area contributed by atoms with E-state index in [9.17, 15) is 9.59 Å². The van der Waals surface area contributed by atoms with E-state index in [1.54, 1.807) is 0 Å². The van der Waals surface area contributed by atoms with Crippen LogP contribution in [0.25, 0.3) is 11.4 Å². The molecule has 1 aliphatic rings. The highest BCUT2D eigenvalue weighted by atomic mass is 16.5. The molecular formula is C26H28N4O3. The van der Waals surface area contributed by atoms with Gasteiger partial charge in [-0.1, -0.05) is 55.5 Å². The van der Waals surface area contributed by atoms with Crippen LogP contribution in [0, 0.1) is 0 Å². The van der Waals surface area contributed by atoms with Gasteiger partial charge in [0, 0.05) is 36.6 Å². The number of carbonyl (C=O) groups is 2. The highest BCUT2D eigenvalue weighted by molar-refractivity contribution is 5.94. The van der Waals surface area contributed by atoms with Crippen molar-refractivity contribution >= 4 is 11.8 Å². The number of likely N-dealkylation sites (tertiary alicyclic amines) is 1. The molecule has 1 N–H and O–H groups in total. The molecule has 7 nitrogen and oxygen atoms in total. The largest absolute Gasteiger partial charge is 0.483 e. The summed E-state index contributed by atoms with van der Waals surface area (Å²) in [6, 6.07) is 16.9. The second kappa shape index (κ2) is 10.7. The van der Waals surface area contributed by atoms with Crippen molar-refractivity contribution in [1.29, 1.82) is 0 Å². The third-order valence-electron chi connectivity index (χ3n) is 5.76.